The second-order valence-electron chi connectivity index (χ2n) is 6.25. The summed E-state index contributed by atoms with van der Waals surface area (Å²) in [5.74, 6) is 0.0188. The Bertz CT molecular complexity index is 1000. The Morgan fingerprint density at radius 1 is 0.966 bits per heavy atom. The molecule has 6 heteroatoms. The zero-order valence-electron chi connectivity index (χ0n) is 15.9. The van der Waals surface area contributed by atoms with Gasteiger partial charge >= 0.3 is 0 Å². The van der Waals surface area contributed by atoms with E-state index in [4.69, 9.17) is 27.9 Å². The van der Waals surface area contributed by atoms with Gasteiger partial charge in [0.2, 0.25) is 0 Å². The minimum Gasteiger partial charge on any atom is -0.482 e. The van der Waals surface area contributed by atoms with E-state index in [1.807, 2.05) is 49.4 Å². The molecule has 0 aliphatic carbocycles. The van der Waals surface area contributed by atoms with Crippen LogP contribution >= 0.6 is 23.2 Å². The Hall–Kier alpha value is -2.82. The van der Waals surface area contributed by atoms with Crippen molar-refractivity contribution in [3.05, 3.63) is 88.4 Å². The molecule has 0 atom stereocenters. The first-order valence-corrected chi connectivity index (χ1v) is 9.91. The van der Waals surface area contributed by atoms with Gasteiger partial charge in [-0.2, -0.15) is 5.10 Å². The second-order valence-corrected chi connectivity index (χ2v) is 7.10. The van der Waals surface area contributed by atoms with Crippen molar-refractivity contribution in [2.75, 3.05) is 6.61 Å². The van der Waals surface area contributed by atoms with Gasteiger partial charge < -0.3 is 4.74 Å². The first-order valence-electron chi connectivity index (χ1n) is 9.16. The largest absolute Gasteiger partial charge is 0.482 e. The van der Waals surface area contributed by atoms with E-state index in [0.717, 1.165) is 22.4 Å². The van der Waals surface area contributed by atoms with Gasteiger partial charge in [-0.15, -0.1) is 0 Å². The van der Waals surface area contributed by atoms with Gasteiger partial charge in [0.25, 0.3) is 5.91 Å². The topological polar surface area (TPSA) is 50.7 Å². The number of nitrogens with zero attached hydrogens (tertiary/aromatic N) is 1. The highest BCUT2D eigenvalue weighted by atomic mass is 35.5. The van der Waals surface area contributed by atoms with Crippen molar-refractivity contribution in [2.24, 2.45) is 5.10 Å². The van der Waals surface area contributed by atoms with Crippen LogP contribution < -0.4 is 10.2 Å². The molecule has 3 aromatic carbocycles. The van der Waals surface area contributed by atoms with Gasteiger partial charge in [0.1, 0.15) is 5.75 Å². The van der Waals surface area contributed by atoms with Crippen LogP contribution in [0.1, 0.15) is 18.9 Å². The lowest BCUT2D eigenvalue weighted by Gasteiger charge is -2.09. The van der Waals surface area contributed by atoms with Crippen molar-refractivity contribution in [2.45, 2.75) is 13.3 Å². The Balaban J connectivity index is 1.61. The van der Waals surface area contributed by atoms with Crippen molar-refractivity contribution in [3.8, 4) is 16.9 Å². The molecule has 3 aromatic rings. The standard InChI is InChI=1S/C23H20Cl2N2O2/c1-2-21(18-10-8-17(9-11-18)16-6-4-3-5-7-16)26-27-23(28)15-29-22-13-12-19(24)14-20(22)25/h3-14H,2,15H2,1H3,(H,27,28)/b26-21+. The Morgan fingerprint density at radius 2 is 1.66 bits per heavy atom. The zero-order chi connectivity index (χ0) is 20.6. The highest BCUT2D eigenvalue weighted by Crippen LogP contribution is 2.27. The molecule has 4 nitrogen and oxygen atoms in total. The minimum atomic E-state index is -0.372. The van der Waals surface area contributed by atoms with E-state index in [2.05, 4.69) is 22.7 Å². The van der Waals surface area contributed by atoms with Gasteiger partial charge in [-0.1, -0.05) is 84.7 Å². The van der Waals surface area contributed by atoms with Crippen LogP contribution in [0.2, 0.25) is 10.0 Å². The van der Waals surface area contributed by atoms with Crippen LogP contribution in [0.25, 0.3) is 11.1 Å². The third kappa shape index (κ3) is 5.83. The van der Waals surface area contributed by atoms with Crippen molar-refractivity contribution in [1.29, 1.82) is 0 Å². The van der Waals surface area contributed by atoms with Crippen LogP contribution in [-0.2, 0) is 4.79 Å². The molecule has 0 saturated heterocycles. The van der Waals surface area contributed by atoms with E-state index >= 15 is 0 Å². The van der Waals surface area contributed by atoms with Crippen LogP contribution in [0.5, 0.6) is 5.75 Å². The lowest BCUT2D eigenvalue weighted by molar-refractivity contribution is -0.123. The predicted octanol–water partition coefficient (Wildman–Crippen LogP) is 5.97. The van der Waals surface area contributed by atoms with Gasteiger partial charge in [-0.3, -0.25) is 4.79 Å². The predicted molar refractivity (Wildman–Crippen MR) is 119 cm³/mol. The van der Waals surface area contributed by atoms with Crippen molar-refractivity contribution < 1.29 is 9.53 Å². The molecule has 0 bridgehead atoms. The maximum atomic E-state index is 12.1. The summed E-state index contributed by atoms with van der Waals surface area (Å²) in [6.07, 6.45) is 0.675. The number of ether oxygens (including phenoxy) is 1. The lowest BCUT2D eigenvalue weighted by Crippen LogP contribution is -2.26. The van der Waals surface area contributed by atoms with E-state index in [9.17, 15) is 4.79 Å². The first-order chi connectivity index (χ1) is 14.1. The van der Waals surface area contributed by atoms with Crippen molar-refractivity contribution in [3.63, 3.8) is 0 Å². The highest BCUT2D eigenvalue weighted by Gasteiger charge is 2.08. The number of carbonyl (C=O) groups is 1. The summed E-state index contributed by atoms with van der Waals surface area (Å²) in [6.45, 7) is 1.79. The molecule has 1 amide bonds. The SMILES string of the molecule is CC/C(=N\NC(=O)COc1ccc(Cl)cc1Cl)c1ccc(-c2ccccc2)cc1. The van der Waals surface area contributed by atoms with Gasteiger partial charge in [0.05, 0.1) is 10.7 Å². The second kappa shape index (κ2) is 10.1. The summed E-state index contributed by atoms with van der Waals surface area (Å²) in [7, 11) is 0. The molecule has 148 valence electrons. The number of benzene rings is 3. The molecular formula is C23H20Cl2N2O2. The molecule has 0 heterocycles. The van der Waals surface area contributed by atoms with Gasteiger partial charge in [-0.05, 0) is 41.3 Å². The smallest absolute Gasteiger partial charge is 0.277 e. The van der Waals surface area contributed by atoms with E-state index < -0.39 is 0 Å². The molecule has 0 aromatic heterocycles. The summed E-state index contributed by atoms with van der Waals surface area (Å²) >= 11 is 11.9. The Kier molecular flexibility index (Phi) is 7.28. The van der Waals surface area contributed by atoms with Crippen LogP contribution in [0.3, 0.4) is 0 Å². The number of hydrogen-bond acceptors (Lipinski definition) is 3. The summed E-state index contributed by atoms with van der Waals surface area (Å²) < 4.78 is 5.42. The van der Waals surface area contributed by atoms with Crippen molar-refractivity contribution >= 4 is 34.8 Å². The molecule has 29 heavy (non-hydrogen) atoms. The number of amides is 1. The van der Waals surface area contributed by atoms with E-state index in [1.165, 1.54) is 0 Å². The number of halogens is 2. The summed E-state index contributed by atoms with van der Waals surface area (Å²) in [5, 5.41) is 5.10. The molecule has 0 fully saturated rings. The zero-order valence-corrected chi connectivity index (χ0v) is 17.4. The Labute approximate surface area is 180 Å². The summed E-state index contributed by atoms with van der Waals surface area (Å²) in [5.41, 5.74) is 6.55. The van der Waals surface area contributed by atoms with Gasteiger partial charge in [-0.25, -0.2) is 5.43 Å². The molecule has 0 spiro atoms. The fourth-order valence-electron chi connectivity index (χ4n) is 2.73. The average Bonchev–Trinajstić information content (AvgIpc) is 2.74. The molecule has 0 saturated carbocycles. The average molecular weight is 427 g/mol. The molecule has 1 N–H and O–H groups in total. The number of hydrazone groups is 1. The fraction of sp³-hybridized carbons (Fsp3) is 0.130. The molecular weight excluding hydrogens is 407 g/mol. The van der Waals surface area contributed by atoms with Crippen LogP contribution in [0.15, 0.2) is 77.9 Å². The van der Waals surface area contributed by atoms with Gasteiger partial charge in [0, 0.05) is 5.02 Å². The number of rotatable bonds is 7. The van der Waals surface area contributed by atoms with E-state index in [0.29, 0.717) is 22.2 Å². The monoisotopic (exact) mass is 426 g/mol. The highest BCUT2D eigenvalue weighted by molar-refractivity contribution is 6.35. The molecule has 0 unspecified atom stereocenters. The van der Waals surface area contributed by atoms with Gasteiger partial charge in [0.15, 0.2) is 6.61 Å². The third-order valence-electron chi connectivity index (χ3n) is 4.23. The fourth-order valence-corrected chi connectivity index (χ4v) is 3.19. The first kappa shape index (κ1) is 20.9. The normalized spacial score (nSPS) is 11.2. The number of nitrogens with one attached hydrogen (secondary N) is 1. The quantitative estimate of drug-likeness (QED) is 0.373. The van der Waals surface area contributed by atoms with Crippen LogP contribution in [0.4, 0.5) is 0 Å². The summed E-state index contributed by atoms with van der Waals surface area (Å²) in [6, 6.07) is 23.1. The Morgan fingerprint density at radius 3 is 2.31 bits per heavy atom. The van der Waals surface area contributed by atoms with E-state index in [-0.39, 0.29) is 12.5 Å². The molecule has 3 rings (SSSR count). The maximum absolute atomic E-state index is 12.1. The third-order valence-corrected chi connectivity index (χ3v) is 4.76. The molecule has 0 radical (unpaired) electrons. The maximum Gasteiger partial charge on any atom is 0.277 e. The number of hydrogen-bond donors (Lipinski definition) is 1. The summed E-state index contributed by atoms with van der Waals surface area (Å²) in [4.78, 5) is 12.1. The molecule has 0 aliphatic rings. The van der Waals surface area contributed by atoms with E-state index in [1.54, 1.807) is 18.2 Å². The lowest BCUT2D eigenvalue weighted by atomic mass is 10.0. The number of carbonyl (C=O) groups excluding carboxylic acids is 1. The molecule has 0 aliphatic heterocycles. The van der Waals surface area contributed by atoms with Crippen LogP contribution in [0, 0.1) is 0 Å². The van der Waals surface area contributed by atoms with Crippen LogP contribution in [-0.4, -0.2) is 18.2 Å². The minimum absolute atomic E-state index is 0.200. The van der Waals surface area contributed by atoms with Crippen molar-refractivity contribution in [1.82, 2.24) is 5.43 Å².